The van der Waals surface area contributed by atoms with Crippen LogP contribution in [-0.2, 0) is 6.42 Å². The van der Waals surface area contributed by atoms with E-state index in [-0.39, 0.29) is 0 Å². The van der Waals surface area contributed by atoms with Crippen molar-refractivity contribution in [2.24, 2.45) is 5.73 Å². The average Bonchev–Trinajstić information content (AvgIpc) is 2.28. The molecule has 0 spiro atoms. The fraction of sp³-hybridized carbons (Fsp3) is 0.600. The van der Waals surface area contributed by atoms with Gasteiger partial charge in [0.25, 0.3) is 0 Å². The van der Waals surface area contributed by atoms with E-state index in [1.54, 1.807) is 7.11 Å². The average molecular weight is 235 g/mol. The Balaban J connectivity index is 2.94. The molecule has 0 aliphatic carbocycles. The van der Waals surface area contributed by atoms with Crippen LogP contribution in [0.1, 0.15) is 49.3 Å². The highest BCUT2D eigenvalue weighted by Gasteiger charge is 2.11. The number of hydrogen-bond acceptors (Lipinski definition) is 2. The first-order valence-electron chi connectivity index (χ1n) is 6.47. The third-order valence-corrected chi connectivity index (χ3v) is 3.11. The summed E-state index contributed by atoms with van der Waals surface area (Å²) in [5, 5.41) is 0. The molecule has 1 aromatic carbocycles. The van der Waals surface area contributed by atoms with E-state index in [9.17, 15) is 0 Å². The molecule has 2 N–H and O–H groups in total. The van der Waals surface area contributed by atoms with E-state index in [1.807, 2.05) is 0 Å². The predicted molar refractivity (Wildman–Crippen MR) is 73.8 cm³/mol. The van der Waals surface area contributed by atoms with E-state index in [2.05, 4.69) is 32.9 Å². The lowest BCUT2D eigenvalue weighted by Crippen LogP contribution is -2.01. The number of ether oxygens (including phenoxy) is 1. The van der Waals surface area contributed by atoms with Crippen LogP contribution in [0, 0.1) is 6.92 Å². The minimum absolute atomic E-state index is 0.498. The van der Waals surface area contributed by atoms with Gasteiger partial charge in [0, 0.05) is 0 Å². The van der Waals surface area contributed by atoms with Crippen LogP contribution in [0.25, 0.3) is 0 Å². The second-order valence-electron chi connectivity index (χ2n) is 4.94. The van der Waals surface area contributed by atoms with Crippen LogP contribution in [0.3, 0.4) is 0 Å². The van der Waals surface area contributed by atoms with Crippen LogP contribution >= 0.6 is 0 Å². The smallest absolute Gasteiger partial charge is 0.125 e. The quantitative estimate of drug-likeness (QED) is 0.767. The van der Waals surface area contributed by atoms with Gasteiger partial charge in [0.15, 0.2) is 0 Å². The van der Waals surface area contributed by atoms with Crippen molar-refractivity contribution >= 4 is 0 Å². The summed E-state index contributed by atoms with van der Waals surface area (Å²) < 4.78 is 5.50. The zero-order valence-electron chi connectivity index (χ0n) is 11.5. The summed E-state index contributed by atoms with van der Waals surface area (Å²) >= 11 is 0. The van der Waals surface area contributed by atoms with Gasteiger partial charge in [-0.05, 0) is 55.3 Å². The SMILES string of the molecule is COc1c(C)cc(CCCCN)cc1C(C)C. The summed E-state index contributed by atoms with van der Waals surface area (Å²) in [6, 6.07) is 4.52. The number of nitrogens with two attached hydrogens (primary N) is 1. The molecule has 2 heteroatoms. The van der Waals surface area contributed by atoms with Gasteiger partial charge in [-0.3, -0.25) is 0 Å². The standard InChI is InChI=1S/C15H25NO/c1-11(2)14-10-13(7-5-6-8-16)9-12(3)15(14)17-4/h9-11H,5-8,16H2,1-4H3. The molecule has 0 saturated heterocycles. The molecule has 0 atom stereocenters. The van der Waals surface area contributed by atoms with Gasteiger partial charge in [-0.25, -0.2) is 0 Å². The van der Waals surface area contributed by atoms with Crippen LogP contribution in [-0.4, -0.2) is 13.7 Å². The molecule has 0 saturated carbocycles. The monoisotopic (exact) mass is 235 g/mol. The number of hydrogen-bond donors (Lipinski definition) is 1. The fourth-order valence-electron chi connectivity index (χ4n) is 2.20. The normalized spacial score (nSPS) is 10.9. The minimum atomic E-state index is 0.498. The van der Waals surface area contributed by atoms with Crippen molar-refractivity contribution in [1.82, 2.24) is 0 Å². The van der Waals surface area contributed by atoms with Crippen molar-refractivity contribution in [1.29, 1.82) is 0 Å². The third kappa shape index (κ3) is 3.74. The van der Waals surface area contributed by atoms with Gasteiger partial charge in [-0.2, -0.15) is 0 Å². The maximum Gasteiger partial charge on any atom is 0.125 e. The van der Waals surface area contributed by atoms with Gasteiger partial charge < -0.3 is 10.5 Å². The summed E-state index contributed by atoms with van der Waals surface area (Å²) in [5.74, 6) is 1.54. The van der Waals surface area contributed by atoms with E-state index in [0.717, 1.165) is 25.1 Å². The third-order valence-electron chi connectivity index (χ3n) is 3.11. The lowest BCUT2D eigenvalue weighted by atomic mass is 9.94. The molecule has 0 heterocycles. The Kier molecular flexibility index (Phi) is 5.49. The summed E-state index contributed by atoms with van der Waals surface area (Å²) in [6.45, 7) is 7.32. The Hall–Kier alpha value is -1.02. The molecule has 2 nitrogen and oxygen atoms in total. The Bertz CT molecular complexity index is 358. The molecule has 1 rings (SSSR count). The van der Waals surface area contributed by atoms with Gasteiger partial charge in [0.2, 0.25) is 0 Å². The van der Waals surface area contributed by atoms with Crippen molar-refractivity contribution in [3.05, 3.63) is 28.8 Å². The van der Waals surface area contributed by atoms with Crippen LogP contribution in [0.4, 0.5) is 0 Å². The van der Waals surface area contributed by atoms with Gasteiger partial charge in [-0.1, -0.05) is 26.0 Å². The summed E-state index contributed by atoms with van der Waals surface area (Å²) in [6.07, 6.45) is 3.38. The van der Waals surface area contributed by atoms with Crippen molar-refractivity contribution in [2.45, 2.75) is 46.0 Å². The second kappa shape index (κ2) is 6.65. The largest absolute Gasteiger partial charge is 0.496 e. The molecule has 96 valence electrons. The summed E-state index contributed by atoms with van der Waals surface area (Å²) in [7, 11) is 1.75. The Labute approximate surface area is 105 Å². The van der Waals surface area contributed by atoms with E-state index < -0.39 is 0 Å². The Morgan fingerprint density at radius 1 is 1.24 bits per heavy atom. The molecular formula is C15H25NO. The maximum absolute atomic E-state index is 5.53. The molecule has 0 fully saturated rings. The van der Waals surface area contributed by atoms with Crippen LogP contribution in [0.15, 0.2) is 12.1 Å². The van der Waals surface area contributed by atoms with Gasteiger partial charge in [-0.15, -0.1) is 0 Å². The molecule has 17 heavy (non-hydrogen) atoms. The van der Waals surface area contributed by atoms with Crippen LogP contribution in [0.2, 0.25) is 0 Å². The molecule has 0 aliphatic heterocycles. The lowest BCUT2D eigenvalue weighted by Gasteiger charge is -2.16. The topological polar surface area (TPSA) is 35.2 Å². The number of rotatable bonds is 6. The molecule has 0 unspecified atom stereocenters. The maximum atomic E-state index is 5.53. The van der Waals surface area contributed by atoms with Crippen molar-refractivity contribution in [3.63, 3.8) is 0 Å². The molecule has 0 aromatic heterocycles. The summed E-state index contributed by atoms with van der Waals surface area (Å²) in [4.78, 5) is 0. The van der Waals surface area contributed by atoms with Gasteiger partial charge >= 0.3 is 0 Å². The van der Waals surface area contributed by atoms with E-state index in [0.29, 0.717) is 5.92 Å². The molecule has 0 aliphatic rings. The van der Waals surface area contributed by atoms with E-state index in [1.165, 1.54) is 23.1 Å². The molecule has 0 radical (unpaired) electrons. The van der Waals surface area contributed by atoms with Gasteiger partial charge in [0.1, 0.15) is 5.75 Å². The van der Waals surface area contributed by atoms with Crippen LogP contribution in [0.5, 0.6) is 5.75 Å². The zero-order chi connectivity index (χ0) is 12.8. The summed E-state index contributed by atoms with van der Waals surface area (Å²) in [5.41, 5.74) is 9.48. The number of methoxy groups -OCH3 is 1. The van der Waals surface area contributed by atoms with E-state index >= 15 is 0 Å². The van der Waals surface area contributed by atoms with Gasteiger partial charge in [0.05, 0.1) is 7.11 Å². The molecular weight excluding hydrogens is 210 g/mol. The lowest BCUT2D eigenvalue weighted by molar-refractivity contribution is 0.404. The van der Waals surface area contributed by atoms with E-state index in [4.69, 9.17) is 10.5 Å². The highest BCUT2D eigenvalue weighted by molar-refractivity contribution is 5.45. The molecule has 1 aromatic rings. The second-order valence-corrected chi connectivity index (χ2v) is 4.94. The van der Waals surface area contributed by atoms with Crippen LogP contribution < -0.4 is 10.5 Å². The number of benzene rings is 1. The van der Waals surface area contributed by atoms with Crippen molar-refractivity contribution in [3.8, 4) is 5.75 Å². The zero-order valence-corrected chi connectivity index (χ0v) is 11.5. The first kappa shape index (κ1) is 14.0. The number of aryl methyl sites for hydroxylation is 2. The Morgan fingerprint density at radius 2 is 1.94 bits per heavy atom. The highest BCUT2D eigenvalue weighted by atomic mass is 16.5. The van der Waals surface area contributed by atoms with Crippen molar-refractivity contribution < 1.29 is 4.74 Å². The first-order valence-corrected chi connectivity index (χ1v) is 6.47. The Morgan fingerprint density at radius 3 is 2.47 bits per heavy atom. The minimum Gasteiger partial charge on any atom is -0.496 e. The highest BCUT2D eigenvalue weighted by Crippen LogP contribution is 2.31. The number of unbranched alkanes of at least 4 members (excludes halogenated alkanes) is 1. The molecule has 0 amide bonds. The first-order chi connectivity index (χ1) is 8.10. The van der Waals surface area contributed by atoms with Crippen molar-refractivity contribution in [2.75, 3.05) is 13.7 Å². The fourth-order valence-corrected chi connectivity index (χ4v) is 2.20. The molecule has 0 bridgehead atoms. The predicted octanol–water partition coefficient (Wildman–Crippen LogP) is 3.41.